The molecule has 0 aromatic carbocycles. The summed E-state index contributed by atoms with van der Waals surface area (Å²) in [4.78, 5) is 11.8. The number of hydrogen-bond acceptors (Lipinski definition) is 3. The van der Waals surface area contributed by atoms with Crippen molar-refractivity contribution in [3.63, 3.8) is 0 Å². The summed E-state index contributed by atoms with van der Waals surface area (Å²) in [6.45, 7) is 8.65. The van der Waals surface area contributed by atoms with Crippen molar-refractivity contribution in [3.8, 4) is 0 Å². The molecule has 1 unspecified atom stereocenters. The highest BCUT2D eigenvalue weighted by atomic mass is 16.5. The maximum Gasteiger partial charge on any atom is 0.237 e. The van der Waals surface area contributed by atoms with Gasteiger partial charge in [0.2, 0.25) is 5.91 Å². The number of nitrogens with one attached hydrogen (secondary N) is 1. The molecule has 3 N–H and O–H groups in total. The summed E-state index contributed by atoms with van der Waals surface area (Å²) >= 11 is 0. The fourth-order valence-electron chi connectivity index (χ4n) is 1.74. The standard InChI is InChI=1S/C12H24N2O2/c1-5-16-9-6-8(7-9)14-11(15)10(13)12(2,3)4/h8-10H,5-7,13H2,1-4H3,(H,14,15). The van der Waals surface area contributed by atoms with Crippen LogP contribution in [0.5, 0.6) is 0 Å². The molecule has 1 fully saturated rings. The van der Waals surface area contributed by atoms with Gasteiger partial charge >= 0.3 is 0 Å². The minimum Gasteiger partial charge on any atom is -0.378 e. The van der Waals surface area contributed by atoms with Crippen LogP contribution < -0.4 is 11.1 Å². The van der Waals surface area contributed by atoms with Crippen LogP contribution in [0.4, 0.5) is 0 Å². The van der Waals surface area contributed by atoms with Gasteiger partial charge in [-0.3, -0.25) is 4.79 Å². The Labute approximate surface area is 97.9 Å². The van der Waals surface area contributed by atoms with Crippen molar-refractivity contribution in [2.75, 3.05) is 6.61 Å². The number of ether oxygens (including phenoxy) is 1. The van der Waals surface area contributed by atoms with E-state index in [0.29, 0.717) is 6.10 Å². The highest BCUT2D eigenvalue weighted by Crippen LogP contribution is 2.24. The lowest BCUT2D eigenvalue weighted by Gasteiger charge is -2.37. The molecule has 4 heteroatoms. The van der Waals surface area contributed by atoms with E-state index in [1.807, 2.05) is 27.7 Å². The zero-order valence-electron chi connectivity index (χ0n) is 10.7. The molecule has 1 atom stereocenters. The van der Waals surface area contributed by atoms with Crippen LogP contribution in [0.2, 0.25) is 0 Å². The zero-order valence-corrected chi connectivity index (χ0v) is 10.7. The number of hydrogen-bond donors (Lipinski definition) is 2. The first kappa shape index (κ1) is 13.5. The van der Waals surface area contributed by atoms with Crippen molar-refractivity contribution < 1.29 is 9.53 Å². The van der Waals surface area contributed by atoms with Gasteiger partial charge in [0.15, 0.2) is 0 Å². The first-order chi connectivity index (χ1) is 7.34. The first-order valence-corrected chi connectivity index (χ1v) is 6.02. The quantitative estimate of drug-likeness (QED) is 0.755. The summed E-state index contributed by atoms with van der Waals surface area (Å²) in [5.41, 5.74) is 5.68. The van der Waals surface area contributed by atoms with Crippen molar-refractivity contribution in [2.45, 2.75) is 58.7 Å². The normalized spacial score (nSPS) is 27.1. The van der Waals surface area contributed by atoms with Gasteiger partial charge in [-0.25, -0.2) is 0 Å². The third-order valence-corrected chi connectivity index (χ3v) is 3.06. The lowest BCUT2D eigenvalue weighted by molar-refractivity contribution is -0.127. The fraction of sp³-hybridized carbons (Fsp3) is 0.917. The Morgan fingerprint density at radius 2 is 2.06 bits per heavy atom. The van der Waals surface area contributed by atoms with Gasteiger partial charge in [0, 0.05) is 12.6 Å². The summed E-state index contributed by atoms with van der Waals surface area (Å²) in [7, 11) is 0. The maximum atomic E-state index is 11.8. The number of amides is 1. The van der Waals surface area contributed by atoms with Crippen molar-refractivity contribution in [1.82, 2.24) is 5.32 Å². The van der Waals surface area contributed by atoms with Gasteiger partial charge in [-0.2, -0.15) is 0 Å². The van der Waals surface area contributed by atoms with Gasteiger partial charge in [-0.15, -0.1) is 0 Å². The Morgan fingerprint density at radius 1 is 1.50 bits per heavy atom. The minimum atomic E-state index is -0.446. The van der Waals surface area contributed by atoms with Crippen molar-refractivity contribution in [3.05, 3.63) is 0 Å². The Kier molecular flexibility index (Phi) is 4.33. The molecule has 0 bridgehead atoms. The van der Waals surface area contributed by atoms with E-state index >= 15 is 0 Å². The van der Waals surface area contributed by atoms with Crippen molar-refractivity contribution >= 4 is 5.91 Å². The molecule has 0 saturated heterocycles. The molecule has 1 saturated carbocycles. The van der Waals surface area contributed by atoms with E-state index in [2.05, 4.69) is 5.32 Å². The SMILES string of the molecule is CCOC1CC(NC(=O)C(N)C(C)(C)C)C1. The number of rotatable bonds is 4. The molecule has 94 valence electrons. The first-order valence-electron chi connectivity index (χ1n) is 6.02. The second kappa shape index (κ2) is 5.15. The molecule has 0 aliphatic heterocycles. The molecule has 1 amide bonds. The average molecular weight is 228 g/mol. The molecule has 0 aromatic rings. The Hall–Kier alpha value is -0.610. The Morgan fingerprint density at radius 3 is 2.50 bits per heavy atom. The molecular formula is C12H24N2O2. The molecule has 0 heterocycles. The zero-order chi connectivity index (χ0) is 12.3. The van der Waals surface area contributed by atoms with E-state index in [-0.39, 0.29) is 17.4 Å². The number of carbonyl (C=O) groups is 1. The molecule has 0 aromatic heterocycles. The third kappa shape index (κ3) is 3.46. The fourth-order valence-corrected chi connectivity index (χ4v) is 1.74. The lowest BCUT2D eigenvalue weighted by Crippen LogP contribution is -2.55. The van der Waals surface area contributed by atoms with Crippen LogP contribution in [0.25, 0.3) is 0 Å². The van der Waals surface area contributed by atoms with Crippen LogP contribution in [0.15, 0.2) is 0 Å². The van der Waals surface area contributed by atoms with E-state index in [0.717, 1.165) is 19.4 Å². The molecule has 4 nitrogen and oxygen atoms in total. The van der Waals surface area contributed by atoms with E-state index in [4.69, 9.17) is 10.5 Å². The Bertz CT molecular complexity index is 242. The van der Waals surface area contributed by atoms with Gasteiger partial charge in [-0.05, 0) is 25.2 Å². The van der Waals surface area contributed by atoms with E-state index < -0.39 is 6.04 Å². The van der Waals surface area contributed by atoms with Crippen LogP contribution >= 0.6 is 0 Å². The molecule has 0 spiro atoms. The monoisotopic (exact) mass is 228 g/mol. The summed E-state index contributed by atoms with van der Waals surface area (Å²) < 4.78 is 5.43. The lowest BCUT2D eigenvalue weighted by atomic mass is 9.85. The largest absolute Gasteiger partial charge is 0.378 e. The van der Waals surface area contributed by atoms with Crippen LogP contribution in [0.1, 0.15) is 40.5 Å². The van der Waals surface area contributed by atoms with E-state index in [9.17, 15) is 4.79 Å². The molecular weight excluding hydrogens is 204 g/mol. The van der Waals surface area contributed by atoms with Gasteiger partial charge in [0.05, 0.1) is 12.1 Å². The summed E-state index contributed by atoms with van der Waals surface area (Å²) in [6.07, 6.45) is 2.15. The van der Waals surface area contributed by atoms with Crippen molar-refractivity contribution in [1.29, 1.82) is 0 Å². The second-order valence-electron chi connectivity index (χ2n) is 5.60. The van der Waals surface area contributed by atoms with Crippen LogP contribution in [0.3, 0.4) is 0 Å². The number of carbonyl (C=O) groups excluding carboxylic acids is 1. The molecule has 1 aliphatic rings. The van der Waals surface area contributed by atoms with Gasteiger partial charge < -0.3 is 15.8 Å². The minimum absolute atomic E-state index is 0.0487. The van der Waals surface area contributed by atoms with Crippen LogP contribution in [0, 0.1) is 5.41 Å². The van der Waals surface area contributed by atoms with E-state index in [1.54, 1.807) is 0 Å². The smallest absolute Gasteiger partial charge is 0.237 e. The van der Waals surface area contributed by atoms with Crippen LogP contribution in [-0.4, -0.2) is 30.7 Å². The molecule has 16 heavy (non-hydrogen) atoms. The number of nitrogens with two attached hydrogens (primary N) is 1. The van der Waals surface area contributed by atoms with Gasteiger partial charge in [0.1, 0.15) is 0 Å². The molecule has 1 aliphatic carbocycles. The van der Waals surface area contributed by atoms with Gasteiger partial charge in [0.25, 0.3) is 0 Å². The summed E-state index contributed by atoms with van der Waals surface area (Å²) in [5.74, 6) is -0.0487. The van der Waals surface area contributed by atoms with Crippen LogP contribution in [-0.2, 0) is 9.53 Å². The average Bonchev–Trinajstić information content (AvgIpc) is 2.11. The second-order valence-corrected chi connectivity index (χ2v) is 5.60. The topological polar surface area (TPSA) is 64.3 Å². The summed E-state index contributed by atoms with van der Waals surface area (Å²) in [5, 5.41) is 2.97. The predicted molar refractivity (Wildman–Crippen MR) is 64.0 cm³/mol. The maximum absolute atomic E-state index is 11.8. The van der Waals surface area contributed by atoms with E-state index in [1.165, 1.54) is 0 Å². The third-order valence-electron chi connectivity index (χ3n) is 3.06. The van der Waals surface area contributed by atoms with Gasteiger partial charge in [-0.1, -0.05) is 20.8 Å². The Balaban J connectivity index is 2.27. The highest BCUT2D eigenvalue weighted by molar-refractivity contribution is 5.82. The highest BCUT2D eigenvalue weighted by Gasteiger charge is 2.34. The predicted octanol–water partition coefficient (Wildman–Crippen LogP) is 1.04. The molecule has 0 radical (unpaired) electrons. The van der Waals surface area contributed by atoms with Crippen molar-refractivity contribution in [2.24, 2.45) is 11.1 Å². The molecule has 1 rings (SSSR count). The summed E-state index contributed by atoms with van der Waals surface area (Å²) in [6, 6.07) is -0.198.